The molecule has 2 N–H and O–H groups in total. The number of anilines is 1. The summed E-state index contributed by atoms with van der Waals surface area (Å²) in [5.41, 5.74) is 7.56. The number of halogens is 1. The zero-order valence-electron chi connectivity index (χ0n) is 7.61. The monoisotopic (exact) mass is 252 g/mol. The highest BCUT2D eigenvalue weighted by molar-refractivity contribution is 9.10. The van der Waals surface area contributed by atoms with Crippen LogP contribution in [0.2, 0.25) is 0 Å². The number of aryl methyl sites for hydroxylation is 1. The summed E-state index contributed by atoms with van der Waals surface area (Å²) in [6.07, 6.45) is 0. The van der Waals surface area contributed by atoms with E-state index in [1.54, 1.807) is 4.68 Å². The lowest BCUT2D eigenvalue weighted by molar-refractivity contribution is 0.721. The van der Waals surface area contributed by atoms with Crippen LogP contribution in [0, 0.1) is 0 Å². The van der Waals surface area contributed by atoms with Gasteiger partial charge in [0, 0.05) is 17.1 Å². The number of nitrogen functional groups attached to an aromatic ring is 1. The molecule has 0 fully saturated rings. The highest BCUT2D eigenvalue weighted by Crippen LogP contribution is 2.24. The van der Waals surface area contributed by atoms with E-state index in [1.807, 2.05) is 31.3 Å². The molecule has 2 rings (SSSR count). The number of nitrogens with zero attached hydrogens (tertiary/aromatic N) is 3. The van der Waals surface area contributed by atoms with Gasteiger partial charge in [0.1, 0.15) is 5.69 Å². The molecule has 1 aromatic heterocycles. The largest absolute Gasteiger partial charge is 0.380 e. The first-order valence-electron chi connectivity index (χ1n) is 4.09. The minimum absolute atomic E-state index is 0.454. The van der Waals surface area contributed by atoms with Crippen molar-refractivity contribution < 1.29 is 0 Å². The summed E-state index contributed by atoms with van der Waals surface area (Å²) in [4.78, 5) is 0. The Morgan fingerprint density at radius 3 is 2.43 bits per heavy atom. The van der Waals surface area contributed by atoms with Crippen LogP contribution in [0.25, 0.3) is 11.3 Å². The molecule has 0 spiro atoms. The maximum absolute atomic E-state index is 5.71. The Hall–Kier alpha value is -1.36. The summed E-state index contributed by atoms with van der Waals surface area (Å²) in [6.45, 7) is 0. The standard InChI is InChI=1S/C9H9BrN4/c1-14-8(9(11)12-13-14)6-2-4-7(10)5-3-6/h2-5H,11H2,1H3. The highest BCUT2D eigenvalue weighted by atomic mass is 79.9. The van der Waals surface area contributed by atoms with Crippen LogP contribution in [-0.4, -0.2) is 15.0 Å². The number of rotatable bonds is 1. The van der Waals surface area contributed by atoms with Gasteiger partial charge in [0.05, 0.1) is 0 Å². The molecule has 0 aliphatic carbocycles. The van der Waals surface area contributed by atoms with E-state index in [2.05, 4.69) is 26.2 Å². The molecule has 0 aliphatic rings. The molecular weight excluding hydrogens is 244 g/mol. The van der Waals surface area contributed by atoms with Gasteiger partial charge in [-0.25, -0.2) is 4.68 Å². The minimum Gasteiger partial charge on any atom is -0.380 e. The Morgan fingerprint density at radius 2 is 1.93 bits per heavy atom. The van der Waals surface area contributed by atoms with Gasteiger partial charge in [-0.3, -0.25) is 0 Å². The van der Waals surface area contributed by atoms with Gasteiger partial charge in [0.2, 0.25) is 0 Å². The Balaban J connectivity index is 2.54. The molecule has 14 heavy (non-hydrogen) atoms. The summed E-state index contributed by atoms with van der Waals surface area (Å²) in [5.74, 6) is 0.454. The first kappa shape index (κ1) is 9.21. The van der Waals surface area contributed by atoms with Crippen LogP contribution in [0.15, 0.2) is 28.7 Å². The zero-order chi connectivity index (χ0) is 10.1. The quantitative estimate of drug-likeness (QED) is 0.843. The van der Waals surface area contributed by atoms with Crippen molar-refractivity contribution >= 4 is 21.7 Å². The number of hydrogen-bond donors (Lipinski definition) is 1. The van der Waals surface area contributed by atoms with Crippen molar-refractivity contribution in [1.82, 2.24) is 15.0 Å². The van der Waals surface area contributed by atoms with Gasteiger partial charge >= 0.3 is 0 Å². The smallest absolute Gasteiger partial charge is 0.174 e. The molecule has 0 atom stereocenters. The lowest BCUT2D eigenvalue weighted by atomic mass is 10.1. The van der Waals surface area contributed by atoms with Crippen molar-refractivity contribution in [1.29, 1.82) is 0 Å². The van der Waals surface area contributed by atoms with E-state index in [1.165, 1.54) is 0 Å². The number of benzene rings is 1. The normalized spacial score (nSPS) is 10.4. The second kappa shape index (κ2) is 3.42. The van der Waals surface area contributed by atoms with Crippen molar-refractivity contribution in [2.45, 2.75) is 0 Å². The van der Waals surface area contributed by atoms with E-state index in [0.29, 0.717) is 5.82 Å². The molecule has 0 radical (unpaired) electrons. The van der Waals surface area contributed by atoms with Crippen LogP contribution in [0.3, 0.4) is 0 Å². The van der Waals surface area contributed by atoms with E-state index in [-0.39, 0.29) is 0 Å². The van der Waals surface area contributed by atoms with Gasteiger partial charge in [0.15, 0.2) is 5.82 Å². The van der Waals surface area contributed by atoms with Crippen LogP contribution in [0.5, 0.6) is 0 Å². The molecule has 0 bridgehead atoms. The van der Waals surface area contributed by atoms with Gasteiger partial charge in [-0.1, -0.05) is 33.3 Å². The summed E-state index contributed by atoms with van der Waals surface area (Å²) in [5, 5.41) is 7.64. The van der Waals surface area contributed by atoms with Crippen LogP contribution >= 0.6 is 15.9 Å². The predicted octanol–water partition coefficient (Wildman–Crippen LogP) is 1.83. The summed E-state index contributed by atoms with van der Waals surface area (Å²) in [7, 11) is 1.82. The molecule has 0 aliphatic heterocycles. The molecule has 0 amide bonds. The van der Waals surface area contributed by atoms with Gasteiger partial charge in [0.25, 0.3) is 0 Å². The molecule has 5 heteroatoms. The van der Waals surface area contributed by atoms with Crippen molar-refractivity contribution in [3.63, 3.8) is 0 Å². The molecule has 72 valence electrons. The first-order valence-corrected chi connectivity index (χ1v) is 4.89. The molecule has 1 aromatic carbocycles. The third kappa shape index (κ3) is 1.50. The molecule has 4 nitrogen and oxygen atoms in total. The van der Waals surface area contributed by atoms with Crippen molar-refractivity contribution in [2.24, 2.45) is 7.05 Å². The third-order valence-corrected chi connectivity index (χ3v) is 2.50. The van der Waals surface area contributed by atoms with Gasteiger partial charge < -0.3 is 5.73 Å². The van der Waals surface area contributed by atoms with E-state index in [4.69, 9.17) is 5.73 Å². The fourth-order valence-electron chi connectivity index (χ4n) is 1.32. The van der Waals surface area contributed by atoms with E-state index < -0.39 is 0 Å². The topological polar surface area (TPSA) is 56.7 Å². The molecule has 0 saturated carbocycles. The van der Waals surface area contributed by atoms with E-state index >= 15 is 0 Å². The van der Waals surface area contributed by atoms with Gasteiger partial charge in [-0.2, -0.15) is 0 Å². The number of aromatic nitrogens is 3. The van der Waals surface area contributed by atoms with E-state index in [9.17, 15) is 0 Å². The third-order valence-electron chi connectivity index (χ3n) is 1.97. The van der Waals surface area contributed by atoms with Crippen LogP contribution in [0.4, 0.5) is 5.82 Å². The highest BCUT2D eigenvalue weighted by Gasteiger charge is 2.08. The van der Waals surface area contributed by atoms with Gasteiger partial charge in [-0.15, -0.1) is 5.10 Å². The van der Waals surface area contributed by atoms with Crippen LogP contribution < -0.4 is 5.73 Å². The Labute approximate surface area is 89.9 Å². The van der Waals surface area contributed by atoms with Crippen LogP contribution in [-0.2, 0) is 7.05 Å². The summed E-state index contributed by atoms with van der Waals surface area (Å²) < 4.78 is 2.70. The number of hydrogen-bond acceptors (Lipinski definition) is 3. The fourth-order valence-corrected chi connectivity index (χ4v) is 1.58. The maximum Gasteiger partial charge on any atom is 0.174 e. The molecule has 2 aromatic rings. The molecular formula is C9H9BrN4. The zero-order valence-corrected chi connectivity index (χ0v) is 9.19. The van der Waals surface area contributed by atoms with E-state index in [0.717, 1.165) is 15.7 Å². The molecule has 0 saturated heterocycles. The summed E-state index contributed by atoms with van der Waals surface area (Å²) in [6, 6.07) is 7.86. The maximum atomic E-state index is 5.71. The lowest BCUT2D eigenvalue weighted by Gasteiger charge is -2.01. The van der Waals surface area contributed by atoms with Gasteiger partial charge in [-0.05, 0) is 12.1 Å². The summed E-state index contributed by atoms with van der Waals surface area (Å²) >= 11 is 3.38. The minimum atomic E-state index is 0.454. The van der Waals surface area contributed by atoms with Crippen molar-refractivity contribution in [2.75, 3.05) is 5.73 Å². The molecule has 0 unspecified atom stereocenters. The average molecular weight is 253 g/mol. The fraction of sp³-hybridized carbons (Fsp3) is 0.111. The molecule has 1 heterocycles. The second-order valence-corrected chi connectivity index (χ2v) is 3.87. The lowest BCUT2D eigenvalue weighted by Crippen LogP contribution is -1.95. The average Bonchev–Trinajstić information content (AvgIpc) is 2.49. The van der Waals surface area contributed by atoms with Crippen LogP contribution in [0.1, 0.15) is 0 Å². The van der Waals surface area contributed by atoms with Crippen molar-refractivity contribution in [3.8, 4) is 11.3 Å². The Bertz CT molecular complexity index is 427. The SMILES string of the molecule is Cn1nnc(N)c1-c1ccc(Br)cc1. The first-order chi connectivity index (χ1) is 6.68. The van der Waals surface area contributed by atoms with Crippen molar-refractivity contribution in [3.05, 3.63) is 28.7 Å². The number of nitrogens with two attached hydrogens (primary N) is 1. The Kier molecular flexibility index (Phi) is 2.25. The Morgan fingerprint density at radius 1 is 1.29 bits per heavy atom. The second-order valence-electron chi connectivity index (χ2n) is 2.95. The predicted molar refractivity (Wildman–Crippen MR) is 58.6 cm³/mol.